The van der Waals surface area contributed by atoms with Gasteiger partial charge in [0.15, 0.2) is 0 Å². The van der Waals surface area contributed by atoms with Gasteiger partial charge in [0.2, 0.25) is 11.8 Å². The van der Waals surface area contributed by atoms with Crippen LogP contribution in [-0.4, -0.2) is 55.9 Å². The normalized spacial score (nSPS) is 15.0. The SMILES string of the molecule is CC(C)(N)C(=O)N[C@H](Cc1c[nH]c2ccccc12)C(=O)N1CCC(n2c(-c3ccccc3)nc3ccccc32)CC1.Cl. The van der Waals surface area contributed by atoms with Gasteiger partial charge >= 0.3 is 0 Å². The van der Waals surface area contributed by atoms with Crippen LogP contribution in [0.3, 0.4) is 0 Å². The second-order valence-corrected chi connectivity index (χ2v) is 11.5. The van der Waals surface area contributed by atoms with Crippen molar-refractivity contribution >= 4 is 46.2 Å². The number of aromatic nitrogens is 3. The summed E-state index contributed by atoms with van der Waals surface area (Å²) in [6.45, 7) is 4.49. The van der Waals surface area contributed by atoms with E-state index < -0.39 is 11.6 Å². The fraction of sp³-hybridized carbons (Fsp3) is 0.303. The van der Waals surface area contributed by atoms with Crippen molar-refractivity contribution in [2.24, 2.45) is 5.73 Å². The van der Waals surface area contributed by atoms with E-state index in [0.717, 1.165) is 51.7 Å². The summed E-state index contributed by atoms with van der Waals surface area (Å²) in [7, 11) is 0. The number of rotatable bonds is 7. The number of hydrogen-bond acceptors (Lipinski definition) is 4. The van der Waals surface area contributed by atoms with E-state index in [1.165, 1.54) is 0 Å². The molecule has 9 heteroatoms. The van der Waals surface area contributed by atoms with Gasteiger partial charge in [-0.25, -0.2) is 4.98 Å². The highest BCUT2D eigenvalue weighted by molar-refractivity contribution is 5.92. The monoisotopic (exact) mass is 584 g/mol. The Kier molecular flexibility index (Phi) is 8.38. The second kappa shape index (κ2) is 12.0. The number of halogens is 1. The van der Waals surface area contributed by atoms with Crippen LogP contribution in [0, 0.1) is 0 Å². The molecule has 0 bridgehead atoms. The summed E-state index contributed by atoms with van der Waals surface area (Å²) in [6.07, 6.45) is 3.89. The van der Waals surface area contributed by atoms with Crippen LogP contribution < -0.4 is 11.1 Å². The van der Waals surface area contributed by atoms with Gasteiger partial charge in [0.1, 0.15) is 11.9 Å². The summed E-state index contributed by atoms with van der Waals surface area (Å²) in [5.74, 6) is 0.527. The molecule has 3 aromatic carbocycles. The highest BCUT2D eigenvalue weighted by Crippen LogP contribution is 2.33. The molecule has 42 heavy (non-hydrogen) atoms. The van der Waals surface area contributed by atoms with Crippen LogP contribution in [0.1, 0.15) is 38.3 Å². The number of carbonyl (C=O) groups is 2. The molecule has 6 rings (SSSR count). The standard InChI is InChI=1S/C33H36N6O2.ClH/c1-33(2,34)32(41)37-28(20-23-21-35-26-13-7-6-12-25(23)26)31(40)38-18-16-24(17-19-38)39-29-15-9-8-14-27(29)36-30(39)22-10-4-3-5-11-22;/h3-15,21,24,28,35H,16-20,34H2,1-2H3,(H,37,41);1H/t28-;/m1./s1. The van der Waals surface area contributed by atoms with Gasteiger partial charge in [-0.05, 0) is 50.5 Å². The van der Waals surface area contributed by atoms with Gasteiger partial charge in [0.25, 0.3) is 0 Å². The van der Waals surface area contributed by atoms with Crippen molar-refractivity contribution in [1.82, 2.24) is 24.8 Å². The molecule has 1 atom stereocenters. The van der Waals surface area contributed by atoms with E-state index in [4.69, 9.17) is 10.7 Å². The third kappa shape index (κ3) is 5.78. The topological polar surface area (TPSA) is 109 Å². The number of benzene rings is 3. The summed E-state index contributed by atoms with van der Waals surface area (Å²) < 4.78 is 2.34. The lowest BCUT2D eigenvalue weighted by Crippen LogP contribution is -2.57. The van der Waals surface area contributed by atoms with E-state index in [1.54, 1.807) is 13.8 Å². The molecule has 0 spiro atoms. The van der Waals surface area contributed by atoms with Gasteiger partial charge in [-0.1, -0.05) is 60.7 Å². The zero-order valence-corrected chi connectivity index (χ0v) is 24.7. The summed E-state index contributed by atoms with van der Waals surface area (Å²) in [5, 5.41) is 4.01. The van der Waals surface area contributed by atoms with Crippen molar-refractivity contribution in [1.29, 1.82) is 0 Å². The van der Waals surface area contributed by atoms with Gasteiger partial charge in [-0.15, -0.1) is 12.4 Å². The van der Waals surface area contributed by atoms with E-state index in [-0.39, 0.29) is 30.3 Å². The first-order chi connectivity index (χ1) is 19.8. The van der Waals surface area contributed by atoms with Crippen LogP contribution in [0.5, 0.6) is 0 Å². The number of imidazole rings is 1. The number of aromatic amines is 1. The first kappa shape index (κ1) is 29.4. The number of piperidine rings is 1. The van der Waals surface area contributed by atoms with E-state index in [2.05, 4.69) is 33.1 Å². The van der Waals surface area contributed by atoms with Gasteiger partial charge in [0, 0.05) is 48.2 Å². The highest BCUT2D eigenvalue weighted by atomic mass is 35.5. The number of fused-ring (bicyclic) bond motifs is 2. The Bertz CT molecular complexity index is 1700. The minimum atomic E-state index is -1.10. The van der Waals surface area contributed by atoms with Crippen LogP contribution >= 0.6 is 12.4 Å². The Morgan fingerprint density at radius 2 is 1.67 bits per heavy atom. The lowest BCUT2D eigenvalue weighted by atomic mass is 9.99. The average molecular weight is 585 g/mol. The molecule has 1 aliphatic heterocycles. The van der Waals surface area contributed by atoms with Crippen LogP contribution in [0.4, 0.5) is 0 Å². The molecule has 2 amide bonds. The maximum Gasteiger partial charge on any atom is 0.245 e. The molecule has 0 saturated carbocycles. The van der Waals surface area contributed by atoms with Crippen LogP contribution in [-0.2, 0) is 16.0 Å². The third-order valence-electron chi connectivity index (χ3n) is 8.06. The molecule has 5 aromatic rings. The van der Waals surface area contributed by atoms with Crippen molar-refractivity contribution in [2.75, 3.05) is 13.1 Å². The zero-order chi connectivity index (χ0) is 28.6. The molecule has 3 heterocycles. The smallest absolute Gasteiger partial charge is 0.245 e. The van der Waals surface area contributed by atoms with Crippen LogP contribution in [0.15, 0.2) is 85.1 Å². The van der Waals surface area contributed by atoms with Crippen LogP contribution in [0.2, 0.25) is 0 Å². The lowest BCUT2D eigenvalue weighted by molar-refractivity contribution is -0.138. The molecule has 218 valence electrons. The Balaban J connectivity index is 0.00000353. The molecule has 0 aliphatic carbocycles. The Morgan fingerprint density at radius 3 is 2.40 bits per heavy atom. The number of nitrogens with zero attached hydrogens (tertiary/aromatic N) is 3. The molecule has 8 nitrogen and oxygen atoms in total. The number of nitrogens with one attached hydrogen (secondary N) is 2. The number of hydrogen-bond donors (Lipinski definition) is 3. The van der Waals surface area contributed by atoms with Crippen molar-refractivity contribution < 1.29 is 9.59 Å². The first-order valence-electron chi connectivity index (χ1n) is 14.3. The van der Waals surface area contributed by atoms with Gasteiger partial charge in [-0.3, -0.25) is 9.59 Å². The predicted octanol–water partition coefficient (Wildman–Crippen LogP) is 5.23. The maximum atomic E-state index is 14.0. The van der Waals surface area contributed by atoms with E-state index >= 15 is 0 Å². The van der Waals surface area contributed by atoms with Crippen molar-refractivity contribution in [3.8, 4) is 11.4 Å². The quantitative estimate of drug-likeness (QED) is 0.243. The second-order valence-electron chi connectivity index (χ2n) is 11.5. The van der Waals surface area contributed by atoms with Gasteiger partial charge in [-0.2, -0.15) is 0 Å². The largest absolute Gasteiger partial charge is 0.361 e. The maximum absolute atomic E-state index is 14.0. The zero-order valence-electron chi connectivity index (χ0n) is 23.9. The molecule has 0 unspecified atom stereocenters. The Hall–Kier alpha value is -4.14. The highest BCUT2D eigenvalue weighted by Gasteiger charge is 2.34. The summed E-state index contributed by atoms with van der Waals surface area (Å²) in [5.41, 5.74) is 10.1. The van der Waals surface area contributed by atoms with E-state index in [1.807, 2.05) is 71.8 Å². The lowest BCUT2D eigenvalue weighted by Gasteiger charge is -2.36. The van der Waals surface area contributed by atoms with Gasteiger partial charge < -0.3 is 25.5 Å². The van der Waals surface area contributed by atoms with Crippen molar-refractivity contribution in [2.45, 2.75) is 50.7 Å². The fourth-order valence-corrected chi connectivity index (χ4v) is 5.83. The number of nitrogens with two attached hydrogens (primary N) is 1. The number of carbonyl (C=O) groups excluding carboxylic acids is 2. The summed E-state index contributed by atoms with van der Waals surface area (Å²) in [4.78, 5) is 37.0. The van der Waals surface area contributed by atoms with Crippen LogP contribution in [0.25, 0.3) is 33.3 Å². The molecule has 0 radical (unpaired) electrons. The number of amides is 2. The third-order valence-corrected chi connectivity index (χ3v) is 8.06. The number of H-pyrrole nitrogens is 1. The molecule has 2 aromatic heterocycles. The molecule has 4 N–H and O–H groups in total. The minimum absolute atomic E-state index is 0. The Labute approximate surface area is 251 Å². The summed E-state index contributed by atoms with van der Waals surface area (Å²) >= 11 is 0. The number of likely N-dealkylation sites (tertiary alicyclic amines) is 1. The molecule has 1 aliphatic rings. The Morgan fingerprint density at radius 1 is 1.00 bits per heavy atom. The fourth-order valence-electron chi connectivity index (χ4n) is 5.83. The van der Waals surface area contributed by atoms with Gasteiger partial charge in [0.05, 0.1) is 16.6 Å². The van der Waals surface area contributed by atoms with E-state index in [9.17, 15) is 9.59 Å². The number of para-hydroxylation sites is 3. The molecular weight excluding hydrogens is 548 g/mol. The summed E-state index contributed by atoms with van der Waals surface area (Å²) in [6, 6.07) is 26.0. The van der Waals surface area contributed by atoms with Crippen molar-refractivity contribution in [3.05, 3.63) is 90.6 Å². The minimum Gasteiger partial charge on any atom is -0.361 e. The molecule has 1 saturated heterocycles. The first-order valence-corrected chi connectivity index (χ1v) is 14.3. The molecular formula is C33H37ClN6O2. The van der Waals surface area contributed by atoms with Crippen molar-refractivity contribution in [3.63, 3.8) is 0 Å². The average Bonchev–Trinajstić information content (AvgIpc) is 3.58. The van der Waals surface area contributed by atoms with E-state index in [0.29, 0.717) is 19.5 Å². The molecule has 1 fully saturated rings. The predicted molar refractivity (Wildman–Crippen MR) is 169 cm³/mol.